The van der Waals surface area contributed by atoms with Gasteiger partial charge in [0.25, 0.3) is 5.91 Å². The first-order chi connectivity index (χ1) is 14.3. The Balaban J connectivity index is 1.50. The van der Waals surface area contributed by atoms with E-state index in [-0.39, 0.29) is 18.2 Å². The van der Waals surface area contributed by atoms with Crippen LogP contribution < -0.4 is 10.6 Å². The molecule has 7 nitrogen and oxygen atoms in total. The molecule has 2 aromatic carbocycles. The van der Waals surface area contributed by atoms with Crippen molar-refractivity contribution in [3.8, 4) is 0 Å². The Bertz CT molecular complexity index is 1110. The highest BCUT2D eigenvalue weighted by Gasteiger charge is 2.20. The second-order valence-corrected chi connectivity index (χ2v) is 7.23. The van der Waals surface area contributed by atoms with Crippen LogP contribution in [0.1, 0.15) is 32.8 Å². The van der Waals surface area contributed by atoms with Crippen molar-refractivity contribution >= 4 is 34.4 Å². The first-order valence-corrected chi connectivity index (χ1v) is 9.56. The van der Waals surface area contributed by atoms with Crippen molar-refractivity contribution in [2.24, 2.45) is 0 Å². The number of furan rings is 1. The number of nitrogens with one attached hydrogen (secondary N) is 2. The van der Waals surface area contributed by atoms with Crippen LogP contribution in [0.15, 0.2) is 40.8 Å². The van der Waals surface area contributed by atoms with Gasteiger partial charge in [-0.25, -0.2) is 4.79 Å². The molecule has 0 spiro atoms. The quantitative estimate of drug-likeness (QED) is 0.608. The summed E-state index contributed by atoms with van der Waals surface area (Å²) >= 11 is 0. The van der Waals surface area contributed by atoms with Crippen LogP contribution in [0.4, 0.5) is 5.69 Å². The maximum Gasteiger partial charge on any atom is 0.375 e. The SMILES string of the molecule is Cc1cc(C)c(NC(=O)CNC(=O)COC(=O)c2oc3ccccc3c2C)c(C)c1. The van der Waals surface area contributed by atoms with Crippen molar-refractivity contribution in [2.75, 3.05) is 18.5 Å². The third-order valence-corrected chi connectivity index (χ3v) is 4.75. The average molecular weight is 408 g/mol. The maximum atomic E-state index is 12.2. The van der Waals surface area contributed by atoms with Gasteiger partial charge in [0.05, 0.1) is 6.54 Å². The second kappa shape index (κ2) is 8.82. The number of carbonyl (C=O) groups excluding carboxylic acids is 3. The number of amides is 2. The van der Waals surface area contributed by atoms with E-state index in [0.29, 0.717) is 11.1 Å². The fourth-order valence-electron chi connectivity index (χ4n) is 3.36. The fraction of sp³-hybridized carbons (Fsp3) is 0.261. The first kappa shape index (κ1) is 21.1. The van der Waals surface area contributed by atoms with Crippen LogP contribution in [-0.4, -0.2) is 30.9 Å². The van der Waals surface area contributed by atoms with Gasteiger partial charge in [0.1, 0.15) is 5.58 Å². The summed E-state index contributed by atoms with van der Waals surface area (Å²) in [5.41, 5.74) is 4.96. The number of esters is 1. The molecule has 1 aromatic heterocycles. The minimum Gasteiger partial charge on any atom is -0.450 e. The molecule has 7 heteroatoms. The molecule has 2 N–H and O–H groups in total. The van der Waals surface area contributed by atoms with E-state index in [2.05, 4.69) is 10.6 Å². The van der Waals surface area contributed by atoms with Gasteiger partial charge in [-0.15, -0.1) is 0 Å². The van der Waals surface area contributed by atoms with E-state index >= 15 is 0 Å². The molecule has 0 aliphatic carbocycles. The Morgan fingerprint density at radius 3 is 2.30 bits per heavy atom. The zero-order valence-electron chi connectivity index (χ0n) is 17.4. The molecule has 0 radical (unpaired) electrons. The van der Waals surface area contributed by atoms with Gasteiger partial charge in [0.2, 0.25) is 11.7 Å². The highest BCUT2D eigenvalue weighted by atomic mass is 16.5. The Hall–Kier alpha value is -3.61. The van der Waals surface area contributed by atoms with Crippen LogP contribution >= 0.6 is 0 Å². The molecule has 0 unspecified atom stereocenters. The molecular formula is C23H24N2O5. The smallest absolute Gasteiger partial charge is 0.375 e. The molecule has 0 aliphatic rings. The summed E-state index contributed by atoms with van der Waals surface area (Å²) in [6.07, 6.45) is 0. The zero-order chi connectivity index (χ0) is 21.8. The summed E-state index contributed by atoms with van der Waals surface area (Å²) in [5.74, 6) is -1.61. The average Bonchev–Trinajstić information content (AvgIpc) is 3.04. The molecule has 0 saturated carbocycles. The summed E-state index contributed by atoms with van der Waals surface area (Å²) in [5, 5.41) is 6.05. The molecule has 3 rings (SSSR count). The number of rotatable bonds is 6. The van der Waals surface area contributed by atoms with Gasteiger partial charge in [-0.1, -0.05) is 35.9 Å². The molecule has 0 bridgehead atoms. The highest BCUT2D eigenvalue weighted by Crippen LogP contribution is 2.25. The van der Waals surface area contributed by atoms with E-state index in [4.69, 9.17) is 9.15 Å². The summed E-state index contributed by atoms with van der Waals surface area (Å²) in [6, 6.07) is 11.2. The monoisotopic (exact) mass is 408 g/mol. The molecular weight excluding hydrogens is 384 g/mol. The molecule has 156 valence electrons. The fourth-order valence-corrected chi connectivity index (χ4v) is 3.36. The van der Waals surface area contributed by atoms with E-state index in [1.54, 1.807) is 19.1 Å². The van der Waals surface area contributed by atoms with Crippen LogP contribution in [0.5, 0.6) is 0 Å². The third-order valence-electron chi connectivity index (χ3n) is 4.75. The van der Waals surface area contributed by atoms with E-state index in [1.165, 1.54) is 0 Å². The highest BCUT2D eigenvalue weighted by molar-refractivity contribution is 5.98. The Morgan fingerprint density at radius 1 is 0.967 bits per heavy atom. The lowest BCUT2D eigenvalue weighted by Crippen LogP contribution is -2.35. The molecule has 1 heterocycles. The molecule has 0 aliphatic heterocycles. The lowest BCUT2D eigenvalue weighted by Gasteiger charge is -2.13. The number of hydrogen-bond acceptors (Lipinski definition) is 5. The first-order valence-electron chi connectivity index (χ1n) is 9.56. The van der Waals surface area contributed by atoms with E-state index in [0.717, 1.165) is 27.8 Å². The topological polar surface area (TPSA) is 97.6 Å². The van der Waals surface area contributed by atoms with Crippen molar-refractivity contribution in [2.45, 2.75) is 27.7 Å². The van der Waals surface area contributed by atoms with E-state index < -0.39 is 18.5 Å². The summed E-state index contributed by atoms with van der Waals surface area (Å²) in [7, 11) is 0. The lowest BCUT2D eigenvalue weighted by atomic mass is 10.1. The van der Waals surface area contributed by atoms with Gasteiger partial charge >= 0.3 is 5.97 Å². The number of benzene rings is 2. The summed E-state index contributed by atoms with van der Waals surface area (Å²) in [6.45, 7) is 6.82. The minimum atomic E-state index is -0.728. The van der Waals surface area contributed by atoms with Gasteiger partial charge < -0.3 is 19.8 Å². The van der Waals surface area contributed by atoms with Crippen LogP contribution in [-0.2, 0) is 14.3 Å². The van der Waals surface area contributed by atoms with Crippen molar-refractivity contribution < 1.29 is 23.5 Å². The van der Waals surface area contributed by atoms with Crippen LogP contribution in [0.3, 0.4) is 0 Å². The zero-order valence-corrected chi connectivity index (χ0v) is 17.4. The number of anilines is 1. The lowest BCUT2D eigenvalue weighted by molar-refractivity contribution is -0.126. The molecule has 3 aromatic rings. The van der Waals surface area contributed by atoms with Crippen molar-refractivity contribution in [3.63, 3.8) is 0 Å². The largest absolute Gasteiger partial charge is 0.450 e. The summed E-state index contributed by atoms with van der Waals surface area (Å²) in [4.78, 5) is 36.4. The number of para-hydroxylation sites is 1. The molecule has 2 amide bonds. The van der Waals surface area contributed by atoms with Gasteiger partial charge in [-0.05, 0) is 44.9 Å². The van der Waals surface area contributed by atoms with Crippen LogP contribution in [0, 0.1) is 27.7 Å². The maximum absolute atomic E-state index is 12.2. The van der Waals surface area contributed by atoms with Gasteiger partial charge in [0, 0.05) is 16.6 Å². The van der Waals surface area contributed by atoms with Crippen molar-refractivity contribution in [1.82, 2.24) is 5.32 Å². The van der Waals surface area contributed by atoms with Gasteiger partial charge in [-0.2, -0.15) is 0 Å². The second-order valence-electron chi connectivity index (χ2n) is 7.23. The van der Waals surface area contributed by atoms with Gasteiger partial charge in [-0.3, -0.25) is 9.59 Å². The number of hydrogen-bond donors (Lipinski definition) is 2. The minimum absolute atomic E-state index is 0.0621. The predicted octanol–water partition coefficient (Wildman–Crippen LogP) is 3.58. The Kier molecular flexibility index (Phi) is 6.20. The molecule has 0 atom stereocenters. The van der Waals surface area contributed by atoms with Crippen molar-refractivity contribution in [3.05, 3.63) is 64.4 Å². The number of ether oxygens (including phenoxy) is 1. The number of aryl methyl sites for hydroxylation is 4. The standard InChI is InChI=1S/C23H24N2O5/c1-13-9-14(2)21(15(3)10-13)25-19(26)11-24-20(27)12-29-23(28)22-16(4)17-7-5-6-8-18(17)30-22/h5-10H,11-12H2,1-4H3,(H,24,27)(H,25,26). The van der Waals surface area contributed by atoms with Crippen molar-refractivity contribution in [1.29, 1.82) is 0 Å². The normalized spacial score (nSPS) is 10.7. The van der Waals surface area contributed by atoms with Crippen LogP contribution in [0.2, 0.25) is 0 Å². The number of fused-ring (bicyclic) bond motifs is 1. The van der Waals surface area contributed by atoms with Crippen LogP contribution in [0.25, 0.3) is 11.0 Å². The molecule has 30 heavy (non-hydrogen) atoms. The molecule has 0 saturated heterocycles. The number of carbonyl (C=O) groups is 3. The third kappa shape index (κ3) is 4.68. The summed E-state index contributed by atoms with van der Waals surface area (Å²) < 4.78 is 10.5. The Morgan fingerprint density at radius 2 is 1.63 bits per heavy atom. The molecule has 0 fully saturated rings. The van der Waals surface area contributed by atoms with E-state index in [1.807, 2.05) is 45.0 Å². The Labute approximate surface area is 174 Å². The van der Waals surface area contributed by atoms with E-state index in [9.17, 15) is 14.4 Å². The van der Waals surface area contributed by atoms with Gasteiger partial charge in [0.15, 0.2) is 6.61 Å². The predicted molar refractivity (Wildman–Crippen MR) is 114 cm³/mol.